The van der Waals surface area contributed by atoms with Crippen molar-refractivity contribution in [3.63, 3.8) is 0 Å². The Morgan fingerprint density at radius 3 is 2.95 bits per heavy atom. The molecule has 2 N–H and O–H groups in total. The Hall–Kier alpha value is -2.40. The third kappa shape index (κ3) is 2.23. The number of aryl methyl sites for hydroxylation is 1. The predicted octanol–water partition coefficient (Wildman–Crippen LogP) is 2.83. The van der Waals surface area contributed by atoms with Gasteiger partial charge < -0.3 is 10.4 Å². The van der Waals surface area contributed by atoms with E-state index in [4.69, 9.17) is 5.10 Å². The molecule has 1 atom stereocenters. The van der Waals surface area contributed by atoms with E-state index in [1.165, 1.54) is 6.42 Å². The molecule has 1 fully saturated rings. The highest BCUT2D eigenvalue weighted by molar-refractivity contribution is 5.65. The van der Waals surface area contributed by atoms with E-state index in [0.29, 0.717) is 6.04 Å². The largest absolute Gasteiger partial charge is 0.508 e. The Morgan fingerprint density at radius 2 is 2.18 bits per heavy atom. The van der Waals surface area contributed by atoms with Crippen molar-refractivity contribution in [3.05, 3.63) is 47.8 Å². The Morgan fingerprint density at radius 1 is 1.27 bits per heavy atom. The van der Waals surface area contributed by atoms with Crippen LogP contribution in [0.25, 0.3) is 16.9 Å². The van der Waals surface area contributed by atoms with Gasteiger partial charge in [-0.2, -0.15) is 5.10 Å². The minimum absolute atomic E-state index is 0.255. The normalized spacial score (nSPS) is 18.1. The van der Waals surface area contributed by atoms with E-state index in [2.05, 4.69) is 16.4 Å². The summed E-state index contributed by atoms with van der Waals surface area (Å²) in [5.74, 6) is 0.255. The van der Waals surface area contributed by atoms with Gasteiger partial charge in [0.25, 0.3) is 0 Å². The summed E-state index contributed by atoms with van der Waals surface area (Å²) >= 11 is 0. The molecule has 3 aromatic rings. The summed E-state index contributed by atoms with van der Waals surface area (Å²) in [6.07, 6.45) is 2.30. The molecule has 1 aliphatic heterocycles. The maximum Gasteiger partial charge on any atom is 0.156 e. The number of benzene rings is 1. The number of rotatable bonds is 2. The molecule has 2 aromatic heterocycles. The second-order valence-corrected chi connectivity index (χ2v) is 5.82. The van der Waals surface area contributed by atoms with E-state index in [9.17, 15) is 5.11 Å². The average molecular weight is 294 g/mol. The van der Waals surface area contributed by atoms with Crippen LogP contribution in [0.15, 0.2) is 36.4 Å². The summed E-state index contributed by atoms with van der Waals surface area (Å²) < 4.78 is 1.87. The van der Waals surface area contributed by atoms with Gasteiger partial charge in [-0.25, -0.2) is 9.50 Å². The molecule has 1 aromatic carbocycles. The minimum atomic E-state index is 0.255. The number of aromatic nitrogens is 3. The Kier molecular flexibility index (Phi) is 3.08. The lowest BCUT2D eigenvalue weighted by Crippen LogP contribution is -2.13. The summed E-state index contributed by atoms with van der Waals surface area (Å²) in [5.41, 5.74) is 4.71. The summed E-state index contributed by atoms with van der Waals surface area (Å²) in [5, 5.41) is 18.0. The first-order chi connectivity index (χ1) is 10.7. The number of nitrogens with one attached hydrogen (secondary N) is 1. The van der Waals surface area contributed by atoms with Gasteiger partial charge >= 0.3 is 0 Å². The van der Waals surface area contributed by atoms with Gasteiger partial charge in [0.2, 0.25) is 0 Å². The van der Waals surface area contributed by atoms with Crippen LogP contribution in [0.3, 0.4) is 0 Å². The smallest absolute Gasteiger partial charge is 0.156 e. The fourth-order valence-electron chi connectivity index (χ4n) is 3.10. The molecular formula is C17H18N4O. The molecule has 1 unspecified atom stereocenters. The van der Waals surface area contributed by atoms with E-state index in [1.54, 1.807) is 12.1 Å². The molecule has 1 aliphatic rings. The maximum atomic E-state index is 9.74. The number of nitrogens with zero attached hydrogens (tertiary/aromatic N) is 3. The first kappa shape index (κ1) is 13.3. The fraction of sp³-hybridized carbons (Fsp3) is 0.294. The second-order valence-electron chi connectivity index (χ2n) is 5.82. The van der Waals surface area contributed by atoms with Crippen molar-refractivity contribution in [3.8, 4) is 17.0 Å². The third-order valence-electron chi connectivity index (χ3n) is 4.13. The van der Waals surface area contributed by atoms with E-state index < -0.39 is 0 Å². The van der Waals surface area contributed by atoms with Crippen LogP contribution < -0.4 is 5.32 Å². The summed E-state index contributed by atoms with van der Waals surface area (Å²) in [6, 6.07) is 11.6. The van der Waals surface area contributed by atoms with Gasteiger partial charge in [0, 0.05) is 17.3 Å². The molecule has 0 radical (unpaired) electrons. The fourth-order valence-corrected chi connectivity index (χ4v) is 3.10. The Bertz CT molecular complexity index is 834. The molecule has 5 heteroatoms. The summed E-state index contributed by atoms with van der Waals surface area (Å²) in [7, 11) is 0. The van der Waals surface area contributed by atoms with E-state index in [1.807, 2.05) is 29.6 Å². The standard InChI is InChI=1S/C17H18N4O/c1-11-8-16(12-4-2-5-13(22)9-12)21-17(19-11)10-15(20-21)14-6-3-7-18-14/h2,4-5,8-10,14,18,22H,3,6-7H2,1H3. The quantitative estimate of drug-likeness (QED) is 0.763. The van der Waals surface area contributed by atoms with Crippen molar-refractivity contribution in [1.82, 2.24) is 19.9 Å². The Labute approximate surface area is 128 Å². The van der Waals surface area contributed by atoms with Gasteiger partial charge in [-0.3, -0.25) is 0 Å². The van der Waals surface area contributed by atoms with Crippen LogP contribution in [-0.2, 0) is 0 Å². The van der Waals surface area contributed by atoms with E-state index in [-0.39, 0.29) is 5.75 Å². The summed E-state index contributed by atoms with van der Waals surface area (Å²) in [6.45, 7) is 3.02. The first-order valence-corrected chi connectivity index (χ1v) is 7.61. The monoisotopic (exact) mass is 294 g/mol. The highest BCUT2D eigenvalue weighted by Crippen LogP contribution is 2.27. The average Bonchev–Trinajstić information content (AvgIpc) is 3.15. The van der Waals surface area contributed by atoms with Gasteiger partial charge in [0.05, 0.1) is 17.4 Å². The number of aromatic hydroxyl groups is 1. The van der Waals surface area contributed by atoms with Gasteiger partial charge in [-0.05, 0) is 44.5 Å². The lowest BCUT2D eigenvalue weighted by atomic mass is 10.1. The first-order valence-electron chi connectivity index (χ1n) is 7.61. The van der Waals surface area contributed by atoms with Crippen molar-refractivity contribution >= 4 is 5.65 Å². The Balaban J connectivity index is 1.90. The van der Waals surface area contributed by atoms with Gasteiger partial charge in [-0.15, -0.1) is 0 Å². The van der Waals surface area contributed by atoms with Crippen molar-refractivity contribution in [2.75, 3.05) is 6.54 Å². The molecule has 0 aliphatic carbocycles. The van der Waals surface area contributed by atoms with Crippen LogP contribution in [-0.4, -0.2) is 26.2 Å². The van der Waals surface area contributed by atoms with Crippen molar-refractivity contribution in [1.29, 1.82) is 0 Å². The molecule has 0 saturated carbocycles. The van der Waals surface area contributed by atoms with Gasteiger partial charge in [-0.1, -0.05) is 12.1 Å². The van der Waals surface area contributed by atoms with E-state index in [0.717, 1.165) is 41.3 Å². The van der Waals surface area contributed by atoms with Crippen molar-refractivity contribution in [2.45, 2.75) is 25.8 Å². The highest BCUT2D eigenvalue weighted by Gasteiger charge is 2.20. The zero-order valence-electron chi connectivity index (χ0n) is 12.5. The molecule has 0 amide bonds. The van der Waals surface area contributed by atoms with Crippen LogP contribution in [0, 0.1) is 6.92 Å². The zero-order valence-corrected chi connectivity index (χ0v) is 12.5. The number of phenols is 1. The van der Waals surface area contributed by atoms with Crippen molar-refractivity contribution < 1.29 is 5.11 Å². The van der Waals surface area contributed by atoms with Gasteiger partial charge in [0.1, 0.15) is 5.75 Å². The third-order valence-corrected chi connectivity index (χ3v) is 4.13. The van der Waals surface area contributed by atoms with Crippen LogP contribution >= 0.6 is 0 Å². The zero-order chi connectivity index (χ0) is 15.1. The number of fused-ring (bicyclic) bond motifs is 1. The molecule has 22 heavy (non-hydrogen) atoms. The van der Waals surface area contributed by atoms with Crippen molar-refractivity contribution in [2.24, 2.45) is 0 Å². The minimum Gasteiger partial charge on any atom is -0.508 e. The molecule has 3 heterocycles. The molecule has 0 spiro atoms. The molecule has 5 nitrogen and oxygen atoms in total. The van der Waals surface area contributed by atoms with Crippen LogP contribution in [0.5, 0.6) is 5.75 Å². The van der Waals surface area contributed by atoms with E-state index >= 15 is 0 Å². The number of phenolic OH excluding ortho intramolecular Hbond substituents is 1. The molecule has 4 rings (SSSR count). The predicted molar refractivity (Wildman–Crippen MR) is 84.8 cm³/mol. The number of hydrogen-bond donors (Lipinski definition) is 2. The molecule has 0 bridgehead atoms. The lowest BCUT2D eigenvalue weighted by Gasteiger charge is -2.07. The van der Waals surface area contributed by atoms with Crippen LogP contribution in [0.4, 0.5) is 0 Å². The molecule has 1 saturated heterocycles. The number of hydrogen-bond acceptors (Lipinski definition) is 4. The SMILES string of the molecule is Cc1cc(-c2cccc(O)c2)n2nc(C3CCCN3)cc2n1. The second kappa shape index (κ2) is 5.10. The maximum absolute atomic E-state index is 9.74. The van der Waals surface area contributed by atoms with Gasteiger partial charge in [0.15, 0.2) is 5.65 Å². The molecule has 112 valence electrons. The van der Waals surface area contributed by atoms with Crippen LogP contribution in [0.2, 0.25) is 0 Å². The van der Waals surface area contributed by atoms with Crippen LogP contribution in [0.1, 0.15) is 30.3 Å². The highest BCUT2D eigenvalue weighted by atomic mass is 16.3. The molecular weight excluding hydrogens is 276 g/mol. The topological polar surface area (TPSA) is 62.5 Å². The lowest BCUT2D eigenvalue weighted by molar-refractivity contribution is 0.475. The summed E-state index contributed by atoms with van der Waals surface area (Å²) in [4.78, 5) is 4.59.